The number of benzene rings is 1. The molecule has 1 aliphatic rings. The van der Waals surface area contributed by atoms with E-state index in [1.165, 1.54) is 37.1 Å². The topological polar surface area (TPSA) is 108 Å². The highest BCUT2D eigenvalue weighted by Gasteiger charge is 2.36. The van der Waals surface area contributed by atoms with Crippen LogP contribution in [-0.4, -0.2) is 57.2 Å². The molecule has 2 heterocycles. The SMILES string of the molecule is CC(CN(C)C(=O)c1ccc2c(c1)C(=O)N(Cc1ccncc1)C2=O)C(=O)O. The van der Waals surface area contributed by atoms with Crippen molar-refractivity contribution in [3.8, 4) is 0 Å². The molecule has 8 heteroatoms. The van der Waals surface area contributed by atoms with Crippen LogP contribution in [-0.2, 0) is 11.3 Å². The Hall–Kier alpha value is -3.55. The molecule has 3 amide bonds. The van der Waals surface area contributed by atoms with Crippen LogP contribution in [0.4, 0.5) is 0 Å². The van der Waals surface area contributed by atoms with Gasteiger partial charge in [0, 0.05) is 31.5 Å². The van der Waals surface area contributed by atoms with Crippen LogP contribution in [0.25, 0.3) is 0 Å². The lowest BCUT2D eigenvalue weighted by Crippen LogP contribution is -2.33. The fraction of sp³-hybridized carbons (Fsp3) is 0.250. The number of carboxylic acid groups (broad SMARTS) is 1. The van der Waals surface area contributed by atoms with Crippen LogP contribution in [0.3, 0.4) is 0 Å². The van der Waals surface area contributed by atoms with Gasteiger partial charge in [0.25, 0.3) is 17.7 Å². The Labute approximate surface area is 161 Å². The van der Waals surface area contributed by atoms with E-state index >= 15 is 0 Å². The van der Waals surface area contributed by atoms with Gasteiger partial charge in [-0.15, -0.1) is 0 Å². The fourth-order valence-corrected chi connectivity index (χ4v) is 3.03. The molecule has 1 N–H and O–H groups in total. The van der Waals surface area contributed by atoms with Crippen LogP contribution >= 0.6 is 0 Å². The van der Waals surface area contributed by atoms with E-state index in [0.717, 1.165) is 10.5 Å². The molecule has 1 atom stereocenters. The molecule has 0 radical (unpaired) electrons. The molecule has 1 unspecified atom stereocenters. The minimum absolute atomic E-state index is 0.0340. The van der Waals surface area contributed by atoms with E-state index in [2.05, 4.69) is 4.98 Å². The number of carboxylic acids is 1. The highest BCUT2D eigenvalue weighted by Crippen LogP contribution is 2.26. The molecule has 3 rings (SSSR count). The van der Waals surface area contributed by atoms with Gasteiger partial charge in [-0.2, -0.15) is 0 Å². The number of carbonyl (C=O) groups excluding carboxylic acids is 3. The van der Waals surface area contributed by atoms with Gasteiger partial charge in [-0.1, -0.05) is 6.92 Å². The zero-order chi connectivity index (χ0) is 20.4. The maximum absolute atomic E-state index is 12.7. The first kappa shape index (κ1) is 19.2. The molecule has 28 heavy (non-hydrogen) atoms. The maximum Gasteiger partial charge on any atom is 0.308 e. The molecular weight excluding hydrogens is 362 g/mol. The Kier molecular flexibility index (Phi) is 5.21. The summed E-state index contributed by atoms with van der Waals surface area (Å²) < 4.78 is 0. The molecule has 1 aromatic heterocycles. The second-order valence-corrected chi connectivity index (χ2v) is 6.74. The summed E-state index contributed by atoms with van der Waals surface area (Å²) >= 11 is 0. The fourth-order valence-electron chi connectivity index (χ4n) is 3.03. The Morgan fingerprint density at radius 2 is 1.75 bits per heavy atom. The van der Waals surface area contributed by atoms with Crippen molar-refractivity contribution in [2.24, 2.45) is 5.92 Å². The van der Waals surface area contributed by atoms with Crippen LogP contribution in [0, 0.1) is 5.92 Å². The third kappa shape index (κ3) is 3.62. The van der Waals surface area contributed by atoms with E-state index in [1.54, 1.807) is 24.5 Å². The molecule has 0 fully saturated rings. The molecular formula is C20H19N3O5. The second kappa shape index (κ2) is 7.59. The summed E-state index contributed by atoms with van der Waals surface area (Å²) in [5, 5.41) is 8.99. The summed E-state index contributed by atoms with van der Waals surface area (Å²) in [7, 11) is 1.50. The molecule has 0 saturated heterocycles. The van der Waals surface area contributed by atoms with E-state index in [9.17, 15) is 19.2 Å². The van der Waals surface area contributed by atoms with E-state index in [1.807, 2.05) is 0 Å². The average molecular weight is 381 g/mol. The molecule has 0 saturated carbocycles. The molecule has 0 bridgehead atoms. The van der Waals surface area contributed by atoms with Gasteiger partial charge in [0.05, 0.1) is 23.6 Å². The van der Waals surface area contributed by atoms with Gasteiger partial charge in [0.1, 0.15) is 0 Å². The van der Waals surface area contributed by atoms with Gasteiger partial charge in [-0.25, -0.2) is 0 Å². The summed E-state index contributed by atoms with van der Waals surface area (Å²) in [4.78, 5) is 55.2. The van der Waals surface area contributed by atoms with Crippen molar-refractivity contribution in [1.82, 2.24) is 14.8 Å². The number of hydrogen-bond acceptors (Lipinski definition) is 5. The van der Waals surface area contributed by atoms with Gasteiger partial charge in [-0.3, -0.25) is 29.1 Å². The number of imide groups is 1. The molecule has 0 aliphatic carbocycles. The largest absolute Gasteiger partial charge is 0.481 e. The van der Waals surface area contributed by atoms with E-state index in [4.69, 9.17) is 5.11 Å². The summed E-state index contributed by atoms with van der Waals surface area (Å²) in [5.41, 5.74) is 1.41. The van der Waals surface area contributed by atoms with Crippen LogP contribution in [0.2, 0.25) is 0 Å². The number of nitrogens with zero attached hydrogens (tertiary/aromatic N) is 3. The summed E-state index contributed by atoms with van der Waals surface area (Å²) in [6.07, 6.45) is 3.16. The zero-order valence-electron chi connectivity index (χ0n) is 15.5. The number of hydrogen-bond donors (Lipinski definition) is 1. The van der Waals surface area contributed by atoms with E-state index in [-0.39, 0.29) is 29.8 Å². The van der Waals surface area contributed by atoms with Crippen LogP contribution in [0.1, 0.15) is 43.6 Å². The first-order chi connectivity index (χ1) is 13.3. The van der Waals surface area contributed by atoms with Crippen molar-refractivity contribution in [3.05, 3.63) is 65.0 Å². The van der Waals surface area contributed by atoms with Gasteiger partial charge in [0.15, 0.2) is 0 Å². The van der Waals surface area contributed by atoms with Crippen molar-refractivity contribution in [1.29, 1.82) is 0 Å². The summed E-state index contributed by atoms with van der Waals surface area (Å²) in [6, 6.07) is 7.77. The van der Waals surface area contributed by atoms with Crippen molar-refractivity contribution < 1.29 is 24.3 Å². The molecule has 1 aromatic carbocycles. The van der Waals surface area contributed by atoms with Gasteiger partial charge < -0.3 is 10.0 Å². The lowest BCUT2D eigenvalue weighted by atomic mass is 10.0. The lowest BCUT2D eigenvalue weighted by molar-refractivity contribution is -0.141. The minimum atomic E-state index is -0.999. The molecule has 144 valence electrons. The lowest BCUT2D eigenvalue weighted by Gasteiger charge is -2.19. The van der Waals surface area contributed by atoms with Crippen LogP contribution in [0.5, 0.6) is 0 Å². The standard InChI is InChI=1S/C20H19N3O5/c1-12(20(27)28)10-22(2)17(24)14-3-4-15-16(9-14)19(26)23(18(15)25)11-13-5-7-21-8-6-13/h3-9,12H,10-11H2,1-2H3,(H,27,28). The monoisotopic (exact) mass is 381 g/mol. The average Bonchev–Trinajstić information content (AvgIpc) is 2.92. The number of aliphatic carboxylic acids is 1. The molecule has 8 nitrogen and oxygen atoms in total. The molecule has 0 spiro atoms. The third-order valence-electron chi connectivity index (χ3n) is 4.62. The van der Waals surface area contributed by atoms with Crippen molar-refractivity contribution in [2.45, 2.75) is 13.5 Å². The van der Waals surface area contributed by atoms with Gasteiger partial charge in [-0.05, 0) is 35.9 Å². The number of pyridine rings is 1. The Balaban J connectivity index is 1.81. The predicted molar refractivity (Wildman–Crippen MR) is 98.6 cm³/mol. The Morgan fingerprint density at radius 1 is 1.11 bits per heavy atom. The number of rotatable bonds is 6. The number of amides is 3. The Morgan fingerprint density at radius 3 is 2.39 bits per heavy atom. The molecule has 2 aromatic rings. The summed E-state index contributed by atoms with van der Waals surface area (Å²) in [5.74, 6) is -3.01. The number of carbonyl (C=O) groups is 4. The Bertz CT molecular complexity index is 958. The van der Waals surface area contributed by atoms with Crippen molar-refractivity contribution in [3.63, 3.8) is 0 Å². The highest BCUT2D eigenvalue weighted by molar-refractivity contribution is 6.22. The highest BCUT2D eigenvalue weighted by atomic mass is 16.4. The number of fused-ring (bicyclic) bond motifs is 1. The van der Waals surface area contributed by atoms with E-state index < -0.39 is 29.6 Å². The third-order valence-corrected chi connectivity index (χ3v) is 4.62. The second-order valence-electron chi connectivity index (χ2n) is 6.74. The zero-order valence-corrected chi connectivity index (χ0v) is 15.5. The van der Waals surface area contributed by atoms with Crippen molar-refractivity contribution in [2.75, 3.05) is 13.6 Å². The van der Waals surface area contributed by atoms with Crippen LogP contribution in [0.15, 0.2) is 42.7 Å². The van der Waals surface area contributed by atoms with Crippen LogP contribution < -0.4 is 0 Å². The summed E-state index contributed by atoms with van der Waals surface area (Å²) in [6.45, 7) is 1.66. The van der Waals surface area contributed by atoms with Gasteiger partial charge >= 0.3 is 5.97 Å². The predicted octanol–water partition coefficient (Wildman–Crippen LogP) is 1.67. The van der Waals surface area contributed by atoms with Gasteiger partial charge in [0.2, 0.25) is 0 Å². The first-order valence-corrected chi connectivity index (χ1v) is 8.67. The van der Waals surface area contributed by atoms with E-state index in [0.29, 0.717) is 0 Å². The smallest absolute Gasteiger partial charge is 0.308 e. The maximum atomic E-state index is 12.7. The normalized spacial score (nSPS) is 14.0. The molecule has 1 aliphatic heterocycles. The quantitative estimate of drug-likeness (QED) is 0.763. The van der Waals surface area contributed by atoms with Crippen molar-refractivity contribution >= 4 is 23.7 Å². The minimum Gasteiger partial charge on any atom is -0.481 e. The first-order valence-electron chi connectivity index (χ1n) is 8.67. The number of aromatic nitrogens is 1.